The van der Waals surface area contributed by atoms with Crippen molar-refractivity contribution in [2.75, 3.05) is 0 Å². The second-order valence-corrected chi connectivity index (χ2v) is 11.3. The molecule has 4 heteroatoms. The number of nitriles is 2. The highest BCUT2D eigenvalue weighted by Gasteiger charge is 2.15. The third-order valence-corrected chi connectivity index (χ3v) is 8.60. The highest BCUT2D eigenvalue weighted by atomic mass is 14.7. The van der Waals surface area contributed by atoms with E-state index in [1.165, 1.54) is 32.3 Å². The Balaban J connectivity index is 1.36. The lowest BCUT2D eigenvalue weighted by Gasteiger charge is -2.17. The largest absolute Gasteiger partial charge is 0.256 e. The summed E-state index contributed by atoms with van der Waals surface area (Å²) >= 11 is 0. The van der Waals surface area contributed by atoms with Crippen molar-refractivity contribution in [3.8, 4) is 56.9 Å². The van der Waals surface area contributed by atoms with Crippen LogP contribution in [0.5, 0.6) is 0 Å². The minimum absolute atomic E-state index is 0.589. The van der Waals surface area contributed by atoms with Crippen LogP contribution in [0.4, 0.5) is 0 Å². The summed E-state index contributed by atoms with van der Waals surface area (Å²) in [6.45, 7) is 0. The number of fused-ring (bicyclic) bond motifs is 5. The SMILES string of the molecule is N#Cc1ccnc(-c2cccc(-c3cc4c5ccccc5c(-c5cccc(-c6cc(C#N)ccn6)c5)cc4c4ccccc34)c2)c1. The Morgan fingerprint density at radius 1 is 0.370 bits per heavy atom. The third-order valence-electron chi connectivity index (χ3n) is 8.60. The van der Waals surface area contributed by atoms with Crippen molar-refractivity contribution in [3.63, 3.8) is 0 Å². The van der Waals surface area contributed by atoms with Crippen LogP contribution in [0.2, 0.25) is 0 Å². The molecule has 4 nitrogen and oxygen atoms in total. The molecule has 8 rings (SSSR count). The van der Waals surface area contributed by atoms with Gasteiger partial charge in [-0.05, 0) is 103 Å². The van der Waals surface area contributed by atoms with Crippen molar-refractivity contribution in [3.05, 3.63) is 157 Å². The first-order valence-corrected chi connectivity index (χ1v) is 15.0. The quantitative estimate of drug-likeness (QED) is 0.193. The summed E-state index contributed by atoms with van der Waals surface area (Å²) in [6.07, 6.45) is 3.37. The Hall–Kier alpha value is -6.62. The molecule has 0 fully saturated rings. The van der Waals surface area contributed by atoms with E-state index in [0.29, 0.717) is 11.1 Å². The van der Waals surface area contributed by atoms with Crippen molar-refractivity contribution < 1.29 is 0 Å². The Kier molecular flexibility index (Phi) is 6.53. The highest BCUT2D eigenvalue weighted by Crippen LogP contribution is 2.42. The van der Waals surface area contributed by atoms with Gasteiger partial charge in [-0.3, -0.25) is 9.97 Å². The molecule has 46 heavy (non-hydrogen) atoms. The van der Waals surface area contributed by atoms with Crippen LogP contribution >= 0.6 is 0 Å². The number of hydrogen-bond donors (Lipinski definition) is 0. The van der Waals surface area contributed by atoms with Crippen LogP contribution in [0.25, 0.3) is 77.1 Å². The summed E-state index contributed by atoms with van der Waals surface area (Å²) in [6, 6.07) is 50.1. The van der Waals surface area contributed by atoms with Gasteiger partial charge in [0.15, 0.2) is 0 Å². The maximum atomic E-state index is 9.43. The number of benzene rings is 6. The molecule has 0 unspecified atom stereocenters. The van der Waals surface area contributed by atoms with E-state index in [1.807, 2.05) is 24.3 Å². The van der Waals surface area contributed by atoms with E-state index in [2.05, 4.69) is 119 Å². The number of pyridine rings is 2. The molecule has 0 bridgehead atoms. The zero-order valence-electron chi connectivity index (χ0n) is 24.6. The van der Waals surface area contributed by atoms with Crippen LogP contribution in [0, 0.1) is 22.7 Å². The molecule has 0 amide bonds. The van der Waals surface area contributed by atoms with E-state index in [4.69, 9.17) is 0 Å². The van der Waals surface area contributed by atoms with Crippen molar-refractivity contribution in [1.82, 2.24) is 9.97 Å². The van der Waals surface area contributed by atoms with Gasteiger partial charge in [0.2, 0.25) is 0 Å². The summed E-state index contributed by atoms with van der Waals surface area (Å²) in [5, 5.41) is 25.9. The van der Waals surface area contributed by atoms with Crippen LogP contribution in [0.1, 0.15) is 11.1 Å². The lowest BCUT2D eigenvalue weighted by atomic mass is 9.87. The molecule has 0 aliphatic carbocycles. The second-order valence-electron chi connectivity index (χ2n) is 11.3. The maximum absolute atomic E-state index is 9.43. The van der Waals surface area contributed by atoms with Crippen LogP contribution < -0.4 is 0 Å². The molecule has 0 N–H and O–H groups in total. The molecule has 0 aliphatic heterocycles. The smallest absolute Gasteiger partial charge is 0.0992 e. The van der Waals surface area contributed by atoms with Gasteiger partial charge < -0.3 is 0 Å². The first-order valence-electron chi connectivity index (χ1n) is 15.0. The summed E-state index contributed by atoms with van der Waals surface area (Å²) in [5.41, 5.74) is 9.13. The number of rotatable bonds is 4. The van der Waals surface area contributed by atoms with Gasteiger partial charge in [0.05, 0.1) is 34.7 Å². The third kappa shape index (κ3) is 4.63. The van der Waals surface area contributed by atoms with E-state index in [0.717, 1.165) is 44.8 Å². The zero-order chi connectivity index (χ0) is 31.0. The van der Waals surface area contributed by atoms with Crippen LogP contribution in [0.15, 0.2) is 146 Å². The molecule has 0 radical (unpaired) electrons. The van der Waals surface area contributed by atoms with Crippen LogP contribution in [-0.4, -0.2) is 9.97 Å². The number of nitrogens with zero attached hydrogens (tertiary/aromatic N) is 4. The Morgan fingerprint density at radius 3 is 1.22 bits per heavy atom. The van der Waals surface area contributed by atoms with E-state index >= 15 is 0 Å². The maximum Gasteiger partial charge on any atom is 0.0992 e. The van der Waals surface area contributed by atoms with E-state index in [-0.39, 0.29) is 0 Å². The first kappa shape index (κ1) is 27.0. The molecular formula is C42H24N4. The fraction of sp³-hybridized carbons (Fsp3) is 0. The summed E-state index contributed by atoms with van der Waals surface area (Å²) in [4.78, 5) is 9.10. The van der Waals surface area contributed by atoms with Crippen molar-refractivity contribution in [2.24, 2.45) is 0 Å². The van der Waals surface area contributed by atoms with Gasteiger partial charge in [0.1, 0.15) is 0 Å². The first-order chi connectivity index (χ1) is 22.7. The average Bonchev–Trinajstić information content (AvgIpc) is 3.14. The predicted octanol–water partition coefficient (Wildman–Crippen LogP) is 10.3. The van der Waals surface area contributed by atoms with E-state index in [1.54, 1.807) is 24.5 Å². The monoisotopic (exact) mass is 584 g/mol. The fourth-order valence-corrected chi connectivity index (χ4v) is 6.44. The van der Waals surface area contributed by atoms with Gasteiger partial charge >= 0.3 is 0 Å². The fourth-order valence-electron chi connectivity index (χ4n) is 6.44. The predicted molar refractivity (Wildman–Crippen MR) is 186 cm³/mol. The molecule has 0 spiro atoms. The standard InChI is InChI=1S/C42H24N4/c43-25-27-15-17-45-41(19-27)31-9-5-7-29(21-31)37-23-40-36-14-4-2-12-34(36)38(24-39(40)35-13-3-1-11-33(35)37)30-8-6-10-32(22-30)42-20-28(26-44)16-18-46-42/h1-24H. The van der Waals surface area contributed by atoms with E-state index in [9.17, 15) is 10.5 Å². The normalized spacial score (nSPS) is 11.0. The molecule has 0 saturated heterocycles. The van der Waals surface area contributed by atoms with Gasteiger partial charge in [-0.25, -0.2) is 0 Å². The summed E-state index contributed by atoms with van der Waals surface area (Å²) in [7, 11) is 0. The molecule has 0 aliphatic rings. The number of hydrogen-bond acceptors (Lipinski definition) is 4. The van der Waals surface area contributed by atoms with Crippen molar-refractivity contribution in [1.29, 1.82) is 10.5 Å². The topological polar surface area (TPSA) is 73.4 Å². The molecular weight excluding hydrogens is 560 g/mol. The van der Waals surface area contributed by atoms with Crippen LogP contribution in [-0.2, 0) is 0 Å². The average molecular weight is 585 g/mol. The van der Waals surface area contributed by atoms with Gasteiger partial charge in [0.25, 0.3) is 0 Å². The molecule has 0 saturated carbocycles. The van der Waals surface area contributed by atoms with Crippen molar-refractivity contribution in [2.45, 2.75) is 0 Å². The molecule has 8 aromatic rings. The Morgan fingerprint density at radius 2 is 0.783 bits per heavy atom. The minimum Gasteiger partial charge on any atom is -0.256 e. The highest BCUT2D eigenvalue weighted by molar-refractivity contribution is 6.23. The molecule has 212 valence electrons. The number of aromatic nitrogens is 2. The molecule has 6 aromatic carbocycles. The minimum atomic E-state index is 0.589. The zero-order valence-corrected chi connectivity index (χ0v) is 24.6. The van der Waals surface area contributed by atoms with E-state index < -0.39 is 0 Å². The van der Waals surface area contributed by atoms with Crippen LogP contribution in [0.3, 0.4) is 0 Å². The van der Waals surface area contributed by atoms with Crippen molar-refractivity contribution >= 4 is 32.3 Å². The lowest BCUT2D eigenvalue weighted by molar-refractivity contribution is 1.31. The van der Waals surface area contributed by atoms with Gasteiger partial charge in [0, 0.05) is 23.5 Å². The second kappa shape index (κ2) is 11.1. The molecule has 2 heterocycles. The Bertz CT molecular complexity index is 2390. The van der Waals surface area contributed by atoms with Gasteiger partial charge in [-0.2, -0.15) is 10.5 Å². The summed E-state index contributed by atoms with van der Waals surface area (Å²) in [5.74, 6) is 0. The lowest BCUT2D eigenvalue weighted by Crippen LogP contribution is -1.91. The molecule has 2 aromatic heterocycles. The van der Waals surface area contributed by atoms with Gasteiger partial charge in [-0.15, -0.1) is 0 Å². The molecule has 0 atom stereocenters. The van der Waals surface area contributed by atoms with Gasteiger partial charge in [-0.1, -0.05) is 84.9 Å². The summed E-state index contributed by atoms with van der Waals surface area (Å²) < 4.78 is 0. The Labute approximate surface area is 266 Å².